The number of allylic oxidation sites excluding steroid dienone is 10. The molecule has 2 aliphatic carbocycles. The predicted octanol–water partition coefficient (Wildman–Crippen LogP) is -5.10. The van der Waals surface area contributed by atoms with Gasteiger partial charge in [0.05, 0.1) is 0 Å². The van der Waals surface area contributed by atoms with Crippen LogP contribution in [0, 0.1) is 0 Å². The van der Waals surface area contributed by atoms with Gasteiger partial charge in [-0.05, 0) is 0 Å². The number of rotatable bonds is 7. The summed E-state index contributed by atoms with van der Waals surface area (Å²) in [7, 11) is 0. The average molecular weight is 632 g/mol. The fourth-order valence-electron chi connectivity index (χ4n) is 5.72. The first kappa shape index (κ1) is 35.8. The van der Waals surface area contributed by atoms with Crippen molar-refractivity contribution in [1.29, 1.82) is 0 Å². The summed E-state index contributed by atoms with van der Waals surface area (Å²) in [4.78, 5) is 0. The molecule has 0 N–H and O–H groups in total. The largest absolute Gasteiger partial charge is 4.00 e. The number of hydrogen-bond donors (Lipinski definition) is 0. The van der Waals surface area contributed by atoms with E-state index in [0.29, 0.717) is 11.3 Å². The molecule has 0 amide bonds. The van der Waals surface area contributed by atoms with Crippen molar-refractivity contribution < 1.29 is 75.8 Å². The zero-order valence-electron chi connectivity index (χ0n) is 19.5. The Kier molecular flexibility index (Phi) is 16.5. The van der Waals surface area contributed by atoms with Gasteiger partial charge in [0.2, 0.25) is 0 Å². The topological polar surface area (TPSA) is 0 Å². The Balaban J connectivity index is 0. The van der Waals surface area contributed by atoms with Gasteiger partial charge in [-0.25, -0.2) is 0 Å². The monoisotopic (exact) mass is 628 g/mol. The molecule has 0 unspecified atom stereocenters. The fourth-order valence-corrected chi connectivity index (χ4v) is 13.9. The molecule has 4 rings (SSSR count). The summed E-state index contributed by atoms with van der Waals surface area (Å²) in [6.45, 7) is 1.73. The third kappa shape index (κ3) is 5.32. The maximum atomic E-state index is 2.54. The van der Waals surface area contributed by atoms with Crippen LogP contribution in [-0.4, -0.2) is 11.3 Å². The van der Waals surface area contributed by atoms with Crippen molar-refractivity contribution in [2.75, 3.05) is 0 Å². The molecule has 0 aromatic heterocycles. The minimum atomic E-state index is -2.90. The van der Waals surface area contributed by atoms with Crippen molar-refractivity contribution in [2.45, 2.75) is 38.0 Å². The molecule has 2 aliphatic rings. The molecule has 0 aliphatic heterocycles. The van der Waals surface area contributed by atoms with Crippen molar-refractivity contribution in [3.8, 4) is 0 Å². The van der Waals surface area contributed by atoms with Crippen LogP contribution in [-0.2, 0) is 26.2 Å². The summed E-state index contributed by atoms with van der Waals surface area (Å²) < 4.78 is 0. The molecule has 0 radical (unpaired) electrons. The van der Waals surface area contributed by atoms with Crippen molar-refractivity contribution >= 4 is 17.2 Å². The second-order valence-corrected chi connectivity index (χ2v) is 13.2. The number of benzene rings is 2. The average Bonchev–Trinajstić information content (AvgIpc) is 3.51. The summed E-state index contributed by atoms with van der Waals surface area (Å²) in [5, 5.41) is 4.61. The van der Waals surface area contributed by atoms with Gasteiger partial charge in [0, 0.05) is 0 Å². The molecule has 180 valence electrons. The first-order chi connectivity index (χ1) is 14.3. The smallest absolute Gasteiger partial charge is 1.00 e. The van der Waals surface area contributed by atoms with E-state index < -0.39 is 6.60 Å². The van der Waals surface area contributed by atoms with Crippen LogP contribution in [0.3, 0.4) is 0 Å². The molecule has 0 saturated carbocycles. The summed E-state index contributed by atoms with van der Waals surface area (Å²) >= 11 is 0. The van der Waals surface area contributed by atoms with E-state index >= 15 is 0 Å². The molecule has 0 heterocycles. The predicted molar refractivity (Wildman–Crippen MR) is 132 cm³/mol. The van der Waals surface area contributed by atoms with Gasteiger partial charge in [-0.15, -0.1) is 0 Å². The maximum absolute atomic E-state index is 2.90. The Bertz CT molecular complexity index is 918. The van der Waals surface area contributed by atoms with Crippen LogP contribution in [0.5, 0.6) is 0 Å². The van der Waals surface area contributed by atoms with Gasteiger partial charge >= 0.3 is 202 Å². The van der Waals surface area contributed by atoms with Gasteiger partial charge in [0.15, 0.2) is 0 Å². The molecule has 0 bridgehead atoms. The van der Waals surface area contributed by atoms with E-state index in [1.165, 1.54) is 10.6 Å². The Morgan fingerprint density at radius 2 is 1.00 bits per heavy atom. The van der Waals surface area contributed by atoms with Crippen molar-refractivity contribution in [3.63, 3.8) is 0 Å². The zero-order valence-corrected chi connectivity index (χ0v) is 25.9. The fraction of sp³-hybridized carbons (Fsp3) is 0.214. The molecule has 0 nitrogen and oxygen atoms in total. The standard InChI is InChI=1S/C28H31P.4ClH.Zr/c1-3-15-24(4-2)29(27-20-11-12-21-27,28-22-13-14-23-28,25-16-7-5-8-17-25)26-18-9-6-10-19-26;;;;;/h5-23,27-28H,3-4H2,1-2H3;4*1H;/q;;;;;+4/p-4. The van der Waals surface area contributed by atoms with Gasteiger partial charge in [-0.3, -0.25) is 0 Å². The Hall–Kier alpha value is -0.387. The number of hydrogen-bond acceptors (Lipinski definition) is 0. The molecule has 2 aromatic carbocycles. The van der Waals surface area contributed by atoms with Gasteiger partial charge in [0.25, 0.3) is 0 Å². The first-order valence-corrected chi connectivity index (χ1v) is 13.2. The van der Waals surface area contributed by atoms with Crippen LogP contribution in [0.1, 0.15) is 26.7 Å². The van der Waals surface area contributed by atoms with E-state index in [-0.39, 0.29) is 75.8 Å². The first-order valence-electron chi connectivity index (χ1n) is 10.8. The van der Waals surface area contributed by atoms with Crippen LogP contribution < -0.4 is 60.2 Å². The Labute approximate surface area is 249 Å². The van der Waals surface area contributed by atoms with E-state index in [0.717, 1.165) is 12.8 Å². The second kappa shape index (κ2) is 15.7. The molecule has 2 aromatic rings. The Morgan fingerprint density at radius 3 is 1.29 bits per heavy atom. The number of halogens is 4. The SMILES string of the molecule is CCC=C(CC)P(c1ccccc1)(c1ccccc1)(C1C=CC=C1)C1C=CC=C1.[Cl-].[Cl-].[Cl-].[Cl-].[Zr+4]. The molecule has 0 fully saturated rings. The maximum Gasteiger partial charge on any atom is 4.00 e. The molecule has 6 heteroatoms. The molecule has 34 heavy (non-hydrogen) atoms. The van der Waals surface area contributed by atoms with E-state index in [1.807, 2.05) is 0 Å². The van der Waals surface area contributed by atoms with E-state index in [9.17, 15) is 0 Å². The van der Waals surface area contributed by atoms with Crippen LogP contribution in [0.15, 0.2) is 121 Å². The third-order valence-electron chi connectivity index (χ3n) is 6.74. The molecular weight excluding hydrogens is 600 g/mol. The van der Waals surface area contributed by atoms with Crippen molar-refractivity contribution in [2.24, 2.45) is 0 Å². The van der Waals surface area contributed by atoms with Gasteiger partial charge in [-0.1, -0.05) is 0 Å². The molecule has 0 atom stereocenters. The van der Waals surface area contributed by atoms with Crippen LogP contribution in [0.4, 0.5) is 0 Å². The summed E-state index contributed by atoms with van der Waals surface area (Å²) in [6.07, 6.45) is 23.5. The van der Waals surface area contributed by atoms with Crippen molar-refractivity contribution in [1.82, 2.24) is 0 Å². The minimum Gasteiger partial charge on any atom is -1.00 e. The van der Waals surface area contributed by atoms with Crippen LogP contribution in [0.2, 0.25) is 0 Å². The minimum absolute atomic E-state index is 0. The van der Waals surface area contributed by atoms with Gasteiger partial charge in [-0.2, -0.15) is 0 Å². The molecular formula is C28H31Cl4PZr. The van der Waals surface area contributed by atoms with E-state index in [2.05, 4.69) is 129 Å². The Morgan fingerprint density at radius 1 is 0.647 bits per heavy atom. The summed E-state index contributed by atoms with van der Waals surface area (Å²) in [6, 6.07) is 22.8. The summed E-state index contributed by atoms with van der Waals surface area (Å²) in [5.74, 6) is 0. The normalized spacial score (nSPS) is 15.7. The molecule has 0 saturated heterocycles. The quantitative estimate of drug-likeness (QED) is 0.269. The van der Waals surface area contributed by atoms with Crippen LogP contribution in [0.25, 0.3) is 0 Å². The zero-order chi connectivity index (χ0) is 20.2. The van der Waals surface area contributed by atoms with Gasteiger partial charge < -0.3 is 49.6 Å². The third-order valence-corrected chi connectivity index (χ3v) is 14.5. The van der Waals surface area contributed by atoms with Gasteiger partial charge in [0.1, 0.15) is 0 Å². The summed E-state index contributed by atoms with van der Waals surface area (Å²) in [5.41, 5.74) is 0.724. The van der Waals surface area contributed by atoms with E-state index in [4.69, 9.17) is 0 Å². The van der Waals surface area contributed by atoms with Crippen molar-refractivity contribution in [3.05, 3.63) is 121 Å². The van der Waals surface area contributed by atoms with Crippen LogP contribution >= 0.6 is 6.60 Å². The van der Waals surface area contributed by atoms with E-state index in [1.54, 1.807) is 5.31 Å². The second-order valence-electron chi connectivity index (χ2n) is 7.91. The molecule has 0 spiro atoms.